The van der Waals surface area contributed by atoms with Crippen LogP contribution in [-0.2, 0) is 6.42 Å². The summed E-state index contributed by atoms with van der Waals surface area (Å²) in [5.41, 5.74) is 4.51. The first-order valence-corrected chi connectivity index (χ1v) is 7.91. The highest BCUT2D eigenvalue weighted by Crippen LogP contribution is 2.28. The number of nitrogens with zero attached hydrogens (tertiary/aromatic N) is 2. The number of hydrogen-bond acceptors (Lipinski definition) is 3. The van der Waals surface area contributed by atoms with Gasteiger partial charge in [0.15, 0.2) is 0 Å². The van der Waals surface area contributed by atoms with Gasteiger partial charge in [0, 0.05) is 49.6 Å². The number of hydrogen-bond donors (Lipinski definition) is 1. The van der Waals surface area contributed by atoms with Gasteiger partial charge in [-0.25, -0.2) is 0 Å². The molecule has 1 N–H and O–H groups in total. The average molecular weight is 273 g/mol. The lowest BCUT2D eigenvalue weighted by molar-refractivity contribution is 0.128. The minimum absolute atomic E-state index is 0.295. The van der Waals surface area contributed by atoms with Gasteiger partial charge in [-0.2, -0.15) is 0 Å². The van der Waals surface area contributed by atoms with Gasteiger partial charge in [-0.15, -0.1) is 0 Å². The summed E-state index contributed by atoms with van der Waals surface area (Å²) in [7, 11) is 0. The van der Waals surface area contributed by atoms with Crippen molar-refractivity contribution in [3.05, 3.63) is 23.8 Å². The van der Waals surface area contributed by atoms with Gasteiger partial charge in [-0.3, -0.25) is 4.90 Å². The lowest BCUT2D eigenvalue weighted by atomic mass is 10.0. The van der Waals surface area contributed by atoms with Crippen LogP contribution >= 0.6 is 0 Å². The molecular formula is C17H27N3. The van der Waals surface area contributed by atoms with Crippen molar-refractivity contribution in [1.82, 2.24) is 4.90 Å². The number of piperazine rings is 1. The maximum Gasteiger partial charge on any atom is 0.0393 e. The molecule has 0 atom stereocenters. The summed E-state index contributed by atoms with van der Waals surface area (Å²) in [5, 5.41) is 3.54. The fraction of sp³-hybridized carbons (Fsp3) is 0.647. The topological polar surface area (TPSA) is 18.5 Å². The van der Waals surface area contributed by atoms with Crippen LogP contribution in [0.1, 0.15) is 32.8 Å². The van der Waals surface area contributed by atoms with E-state index >= 15 is 0 Å². The maximum absolute atomic E-state index is 3.54. The summed E-state index contributed by atoms with van der Waals surface area (Å²) in [6.07, 6.45) is 2.48. The first-order valence-electron chi connectivity index (χ1n) is 7.91. The van der Waals surface area contributed by atoms with E-state index in [2.05, 4.69) is 54.1 Å². The molecule has 0 saturated carbocycles. The first-order chi connectivity index (χ1) is 9.54. The van der Waals surface area contributed by atoms with E-state index in [1.165, 1.54) is 29.8 Å². The average Bonchev–Trinajstić information content (AvgIpc) is 2.46. The number of anilines is 2. The summed E-state index contributed by atoms with van der Waals surface area (Å²) in [6.45, 7) is 12.6. The number of benzene rings is 1. The third-order valence-electron chi connectivity index (χ3n) is 4.63. The van der Waals surface area contributed by atoms with Crippen LogP contribution in [0.25, 0.3) is 0 Å². The number of rotatable bonds is 1. The van der Waals surface area contributed by atoms with Crippen molar-refractivity contribution in [2.24, 2.45) is 0 Å². The molecule has 1 aromatic carbocycles. The second-order valence-electron chi connectivity index (χ2n) is 7.02. The van der Waals surface area contributed by atoms with Crippen LogP contribution in [0.5, 0.6) is 0 Å². The standard InChI is InChI=1S/C17H27N3/c1-17(2,3)20-11-9-19(10-12-20)15-7-6-14-5-4-8-18-16(14)13-15/h6-7,13,18H,4-5,8-12H2,1-3H3. The Morgan fingerprint density at radius 1 is 1.05 bits per heavy atom. The Hall–Kier alpha value is -1.22. The van der Waals surface area contributed by atoms with Crippen molar-refractivity contribution in [3.63, 3.8) is 0 Å². The van der Waals surface area contributed by atoms with Crippen LogP contribution in [0.3, 0.4) is 0 Å². The minimum Gasteiger partial charge on any atom is -0.385 e. The molecule has 110 valence electrons. The highest BCUT2D eigenvalue weighted by molar-refractivity contribution is 5.63. The lowest BCUT2D eigenvalue weighted by Crippen LogP contribution is -2.53. The van der Waals surface area contributed by atoms with E-state index < -0.39 is 0 Å². The molecule has 1 saturated heterocycles. The van der Waals surface area contributed by atoms with Crippen LogP contribution < -0.4 is 10.2 Å². The van der Waals surface area contributed by atoms with Crippen molar-refractivity contribution in [2.75, 3.05) is 42.9 Å². The molecular weight excluding hydrogens is 246 g/mol. The van der Waals surface area contributed by atoms with Crippen molar-refractivity contribution in [2.45, 2.75) is 39.2 Å². The van der Waals surface area contributed by atoms with Crippen LogP contribution in [0.4, 0.5) is 11.4 Å². The Balaban J connectivity index is 1.69. The molecule has 3 heteroatoms. The fourth-order valence-corrected chi connectivity index (χ4v) is 3.28. The quantitative estimate of drug-likeness (QED) is 0.848. The Morgan fingerprint density at radius 2 is 1.80 bits per heavy atom. The summed E-state index contributed by atoms with van der Waals surface area (Å²) >= 11 is 0. The Kier molecular flexibility index (Phi) is 3.63. The van der Waals surface area contributed by atoms with Gasteiger partial charge in [0.1, 0.15) is 0 Å². The van der Waals surface area contributed by atoms with Gasteiger partial charge in [-0.1, -0.05) is 6.07 Å². The highest BCUT2D eigenvalue weighted by atomic mass is 15.3. The van der Waals surface area contributed by atoms with E-state index in [1.54, 1.807) is 0 Å². The molecule has 3 nitrogen and oxygen atoms in total. The second-order valence-corrected chi connectivity index (χ2v) is 7.02. The normalized spacial score (nSPS) is 20.4. The molecule has 1 fully saturated rings. The number of nitrogens with one attached hydrogen (secondary N) is 1. The molecule has 1 aromatic rings. The summed E-state index contributed by atoms with van der Waals surface area (Å²) in [5.74, 6) is 0. The monoisotopic (exact) mass is 273 g/mol. The number of fused-ring (bicyclic) bond motifs is 1. The Bertz CT molecular complexity index is 468. The molecule has 0 spiro atoms. The van der Waals surface area contributed by atoms with Gasteiger partial charge in [-0.05, 0) is 51.3 Å². The zero-order chi connectivity index (χ0) is 14.2. The second kappa shape index (κ2) is 5.28. The molecule has 0 aliphatic carbocycles. The van der Waals surface area contributed by atoms with E-state index in [1.807, 2.05) is 0 Å². The van der Waals surface area contributed by atoms with Gasteiger partial charge in [0.05, 0.1) is 0 Å². The number of aryl methyl sites for hydroxylation is 1. The lowest BCUT2D eigenvalue weighted by Gasteiger charge is -2.43. The summed E-state index contributed by atoms with van der Waals surface area (Å²) in [6, 6.07) is 6.97. The zero-order valence-corrected chi connectivity index (χ0v) is 13.1. The van der Waals surface area contributed by atoms with Crippen molar-refractivity contribution >= 4 is 11.4 Å². The fourth-order valence-electron chi connectivity index (χ4n) is 3.28. The van der Waals surface area contributed by atoms with Crippen molar-refractivity contribution in [1.29, 1.82) is 0 Å². The van der Waals surface area contributed by atoms with E-state index in [9.17, 15) is 0 Å². The molecule has 20 heavy (non-hydrogen) atoms. The Labute approximate surface area is 123 Å². The molecule has 0 bridgehead atoms. The van der Waals surface area contributed by atoms with E-state index in [4.69, 9.17) is 0 Å². The van der Waals surface area contributed by atoms with Crippen molar-refractivity contribution in [3.8, 4) is 0 Å². The Morgan fingerprint density at radius 3 is 2.50 bits per heavy atom. The molecule has 0 aromatic heterocycles. The summed E-state index contributed by atoms with van der Waals surface area (Å²) in [4.78, 5) is 5.11. The minimum atomic E-state index is 0.295. The van der Waals surface area contributed by atoms with Gasteiger partial charge in [0.25, 0.3) is 0 Å². The molecule has 2 aliphatic rings. The molecule has 0 amide bonds. The van der Waals surface area contributed by atoms with Crippen LogP contribution in [0.15, 0.2) is 18.2 Å². The summed E-state index contributed by atoms with van der Waals surface area (Å²) < 4.78 is 0. The molecule has 2 heterocycles. The van der Waals surface area contributed by atoms with Crippen LogP contribution in [-0.4, -0.2) is 43.2 Å². The first kappa shape index (κ1) is 13.7. The smallest absolute Gasteiger partial charge is 0.0393 e. The molecule has 2 aliphatic heterocycles. The maximum atomic E-state index is 3.54. The highest BCUT2D eigenvalue weighted by Gasteiger charge is 2.26. The zero-order valence-electron chi connectivity index (χ0n) is 13.1. The third-order valence-corrected chi connectivity index (χ3v) is 4.63. The third kappa shape index (κ3) is 2.78. The van der Waals surface area contributed by atoms with Crippen LogP contribution in [0.2, 0.25) is 0 Å². The van der Waals surface area contributed by atoms with Crippen molar-refractivity contribution < 1.29 is 0 Å². The van der Waals surface area contributed by atoms with Gasteiger partial charge in [0.2, 0.25) is 0 Å². The predicted octanol–water partition coefficient (Wildman–Crippen LogP) is 2.97. The molecule has 3 rings (SSSR count). The molecule has 0 unspecified atom stereocenters. The van der Waals surface area contributed by atoms with E-state index in [0.29, 0.717) is 5.54 Å². The largest absolute Gasteiger partial charge is 0.385 e. The van der Waals surface area contributed by atoms with Gasteiger partial charge < -0.3 is 10.2 Å². The van der Waals surface area contributed by atoms with Gasteiger partial charge >= 0.3 is 0 Å². The predicted molar refractivity (Wildman–Crippen MR) is 86.8 cm³/mol. The van der Waals surface area contributed by atoms with E-state index in [0.717, 1.165) is 32.7 Å². The van der Waals surface area contributed by atoms with E-state index in [-0.39, 0.29) is 0 Å². The molecule has 0 radical (unpaired) electrons. The SMILES string of the molecule is CC(C)(C)N1CCN(c2ccc3c(c2)NCCC3)CC1. The van der Waals surface area contributed by atoms with Crippen LogP contribution in [0, 0.1) is 0 Å².